The highest BCUT2D eigenvalue weighted by molar-refractivity contribution is 5.84. The molecule has 0 aliphatic heterocycles. The van der Waals surface area contributed by atoms with Crippen molar-refractivity contribution in [3.05, 3.63) is 0 Å². The van der Waals surface area contributed by atoms with Crippen LogP contribution in [0.1, 0.15) is 33.6 Å². The van der Waals surface area contributed by atoms with Gasteiger partial charge in [0.2, 0.25) is 0 Å². The fraction of sp³-hybridized carbons (Fsp3) is 0.778. The summed E-state index contributed by atoms with van der Waals surface area (Å²) in [6.07, 6.45) is 0.312. The molecule has 3 N–H and O–H groups in total. The molecule has 76 valence electrons. The molecule has 0 spiro atoms. The van der Waals surface area contributed by atoms with Gasteiger partial charge in [-0.05, 0) is 11.3 Å². The van der Waals surface area contributed by atoms with Gasteiger partial charge in [-0.15, -0.1) is 0 Å². The van der Waals surface area contributed by atoms with Crippen molar-refractivity contribution in [3.8, 4) is 0 Å². The Kier molecular flexibility index (Phi) is 3.91. The number of rotatable bonds is 0. The molecule has 0 heterocycles. The van der Waals surface area contributed by atoms with Gasteiger partial charge < -0.3 is 10.8 Å². The van der Waals surface area contributed by atoms with Crippen molar-refractivity contribution in [2.24, 2.45) is 17.1 Å². The monoisotopic (exact) mass is 187 g/mol. The number of carboxylic acid groups (broad SMARTS) is 1. The van der Waals surface area contributed by atoms with Crippen molar-refractivity contribution in [1.29, 1.82) is 0 Å². The standard InChI is InChI=1S/C8H14O.CH3NO2/c1-8(2,3)6-4-7(9)5-6;2-1(3)4/h6H,4-5H2,1-3H3;2H2,(H,3,4). The molecule has 0 bridgehead atoms. The summed E-state index contributed by atoms with van der Waals surface area (Å²) in [5.41, 5.74) is 4.38. The normalized spacial score (nSPS) is 17.0. The van der Waals surface area contributed by atoms with Crippen molar-refractivity contribution in [1.82, 2.24) is 0 Å². The van der Waals surface area contributed by atoms with E-state index in [2.05, 4.69) is 26.5 Å². The van der Waals surface area contributed by atoms with Gasteiger partial charge in [0.1, 0.15) is 5.78 Å². The largest absolute Gasteiger partial charge is 0.465 e. The average molecular weight is 187 g/mol. The van der Waals surface area contributed by atoms with E-state index in [1.54, 1.807) is 0 Å². The summed E-state index contributed by atoms with van der Waals surface area (Å²) in [4.78, 5) is 19.3. The van der Waals surface area contributed by atoms with E-state index < -0.39 is 6.09 Å². The van der Waals surface area contributed by atoms with Crippen LogP contribution in [-0.4, -0.2) is 17.0 Å². The molecule has 1 aliphatic carbocycles. The molecule has 1 rings (SSSR count). The first kappa shape index (κ1) is 11.9. The molecule has 1 aliphatic rings. The lowest BCUT2D eigenvalue weighted by Gasteiger charge is -2.36. The zero-order chi connectivity index (χ0) is 10.6. The fourth-order valence-electron chi connectivity index (χ4n) is 1.10. The molecular formula is C9H17NO3. The maximum atomic E-state index is 10.6. The third kappa shape index (κ3) is 5.22. The van der Waals surface area contributed by atoms with Gasteiger partial charge in [0, 0.05) is 12.8 Å². The van der Waals surface area contributed by atoms with Crippen molar-refractivity contribution in [3.63, 3.8) is 0 Å². The highest BCUT2D eigenvalue weighted by atomic mass is 16.4. The van der Waals surface area contributed by atoms with Crippen molar-refractivity contribution < 1.29 is 14.7 Å². The minimum atomic E-state index is -1.33. The highest BCUT2D eigenvalue weighted by Gasteiger charge is 2.35. The van der Waals surface area contributed by atoms with Crippen LogP contribution in [0, 0.1) is 11.3 Å². The van der Waals surface area contributed by atoms with Gasteiger partial charge in [-0.3, -0.25) is 4.79 Å². The van der Waals surface area contributed by atoms with Gasteiger partial charge >= 0.3 is 6.09 Å². The number of amides is 1. The summed E-state index contributed by atoms with van der Waals surface area (Å²) >= 11 is 0. The molecular weight excluding hydrogens is 170 g/mol. The summed E-state index contributed by atoms with van der Waals surface area (Å²) in [7, 11) is 0. The molecule has 1 fully saturated rings. The van der Waals surface area contributed by atoms with Crippen molar-refractivity contribution >= 4 is 11.9 Å². The van der Waals surface area contributed by atoms with E-state index in [-0.39, 0.29) is 0 Å². The summed E-state index contributed by atoms with van der Waals surface area (Å²) < 4.78 is 0. The second-order valence-corrected chi connectivity index (χ2v) is 4.35. The Morgan fingerprint density at radius 3 is 1.85 bits per heavy atom. The number of primary amides is 1. The molecule has 1 amide bonds. The first-order chi connectivity index (χ1) is 5.73. The van der Waals surface area contributed by atoms with E-state index in [1.165, 1.54) is 0 Å². The van der Waals surface area contributed by atoms with E-state index in [9.17, 15) is 4.79 Å². The van der Waals surface area contributed by atoms with Crippen LogP contribution in [-0.2, 0) is 4.79 Å². The van der Waals surface area contributed by atoms with Crippen LogP contribution in [0.3, 0.4) is 0 Å². The number of hydrogen-bond acceptors (Lipinski definition) is 2. The number of carbonyl (C=O) groups is 2. The molecule has 1 saturated carbocycles. The Morgan fingerprint density at radius 2 is 1.77 bits per heavy atom. The molecule has 0 saturated heterocycles. The predicted molar refractivity (Wildman–Crippen MR) is 49.4 cm³/mol. The van der Waals surface area contributed by atoms with Crippen molar-refractivity contribution in [2.75, 3.05) is 0 Å². The number of ketones is 1. The molecule has 0 aromatic heterocycles. The van der Waals surface area contributed by atoms with Crippen LogP contribution in [0.25, 0.3) is 0 Å². The Morgan fingerprint density at radius 1 is 1.46 bits per heavy atom. The van der Waals surface area contributed by atoms with Crippen LogP contribution in [0.2, 0.25) is 0 Å². The van der Waals surface area contributed by atoms with E-state index in [0.717, 1.165) is 12.8 Å². The maximum absolute atomic E-state index is 10.6. The average Bonchev–Trinajstić information content (AvgIpc) is 1.77. The van der Waals surface area contributed by atoms with Crippen LogP contribution in [0.5, 0.6) is 0 Å². The SMILES string of the molecule is CC(C)(C)C1CC(=O)C1.NC(=O)O. The highest BCUT2D eigenvalue weighted by Crippen LogP contribution is 2.38. The topological polar surface area (TPSA) is 80.4 Å². The second-order valence-electron chi connectivity index (χ2n) is 4.35. The number of hydrogen-bond donors (Lipinski definition) is 2. The molecule has 0 atom stereocenters. The molecule has 0 aromatic rings. The smallest absolute Gasteiger partial charge is 0.402 e. The van der Waals surface area contributed by atoms with Gasteiger partial charge in [0.25, 0.3) is 0 Å². The van der Waals surface area contributed by atoms with E-state index >= 15 is 0 Å². The first-order valence-corrected chi connectivity index (χ1v) is 4.23. The van der Waals surface area contributed by atoms with Crippen LogP contribution in [0.4, 0.5) is 4.79 Å². The van der Waals surface area contributed by atoms with Crippen LogP contribution in [0.15, 0.2) is 0 Å². The summed E-state index contributed by atoms with van der Waals surface area (Å²) in [5, 5.41) is 7.19. The third-order valence-corrected chi connectivity index (χ3v) is 2.17. The molecule has 13 heavy (non-hydrogen) atoms. The van der Waals surface area contributed by atoms with Gasteiger partial charge in [-0.1, -0.05) is 20.8 Å². The third-order valence-electron chi connectivity index (χ3n) is 2.17. The Labute approximate surface area is 78.1 Å². The van der Waals surface area contributed by atoms with E-state index in [4.69, 9.17) is 9.90 Å². The molecule has 0 radical (unpaired) electrons. The van der Waals surface area contributed by atoms with Gasteiger partial charge in [0.05, 0.1) is 0 Å². The quantitative estimate of drug-likeness (QED) is 0.604. The van der Waals surface area contributed by atoms with E-state index in [0.29, 0.717) is 17.1 Å². The zero-order valence-electron chi connectivity index (χ0n) is 8.33. The second kappa shape index (κ2) is 4.25. The molecule has 4 nitrogen and oxygen atoms in total. The Bertz CT molecular complexity index is 193. The number of Topliss-reactive ketones (excluding diaryl/α,β-unsaturated/α-hetero) is 1. The predicted octanol–water partition coefficient (Wildman–Crippen LogP) is 1.63. The lowest BCUT2D eigenvalue weighted by molar-refractivity contribution is -0.130. The maximum Gasteiger partial charge on any atom is 0.402 e. The van der Waals surface area contributed by atoms with E-state index in [1.807, 2.05) is 0 Å². The number of nitrogens with two attached hydrogens (primary N) is 1. The molecule has 0 aromatic carbocycles. The number of carbonyl (C=O) groups excluding carboxylic acids is 1. The first-order valence-electron chi connectivity index (χ1n) is 4.23. The summed E-state index contributed by atoms with van der Waals surface area (Å²) in [6.45, 7) is 6.60. The summed E-state index contributed by atoms with van der Waals surface area (Å²) in [6, 6.07) is 0. The van der Waals surface area contributed by atoms with Gasteiger partial charge in [-0.25, -0.2) is 4.79 Å². The van der Waals surface area contributed by atoms with Crippen LogP contribution >= 0.6 is 0 Å². The van der Waals surface area contributed by atoms with Crippen molar-refractivity contribution in [2.45, 2.75) is 33.6 Å². The Hall–Kier alpha value is -1.06. The lowest BCUT2D eigenvalue weighted by Crippen LogP contribution is -2.33. The van der Waals surface area contributed by atoms with Crippen LogP contribution < -0.4 is 5.73 Å². The lowest BCUT2D eigenvalue weighted by atomic mass is 9.68. The molecule has 4 heteroatoms. The minimum absolute atomic E-state index is 0.355. The fourth-order valence-corrected chi connectivity index (χ4v) is 1.10. The van der Waals surface area contributed by atoms with Gasteiger partial charge in [-0.2, -0.15) is 0 Å². The summed E-state index contributed by atoms with van der Waals surface area (Å²) in [5.74, 6) is 1.10. The molecule has 0 unspecified atom stereocenters. The zero-order valence-corrected chi connectivity index (χ0v) is 8.33. The van der Waals surface area contributed by atoms with Gasteiger partial charge in [0.15, 0.2) is 0 Å². The Balaban J connectivity index is 0.000000310. The minimum Gasteiger partial charge on any atom is -0.465 e.